The maximum atomic E-state index is 12.9. The smallest absolute Gasteiger partial charge is 0.229 e. The van der Waals surface area contributed by atoms with Gasteiger partial charge in [0.1, 0.15) is 23.0 Å². The summed E-state index contributed by atoms with van der Waals surface area (Å²) in [5.74, 6) is 0.860. The van der Waals surface area contributed by atoms with Gasteiger partial charge in [0.05, 0.1) is 50.8 Å². The molecule has 0 aliphatic carbocycles. The van der Waals surface area contributed by atoms with Gasteiger partial charge in [-0.25, -0.2) is 0 Å². The van der Waals surface area contributed by atoms with Crippen LogP contribution in [0.1, 0.15) is 6.42 Å². The molecule has 160 valence electrons. The summed E-state index contributed by atoms with van der Waals surface area (Å²) in [6.45, 7) is 0.210. The zero-order valence-electron chi connectivity index (χ0n) is 17.2. The number of hydrogen-bond acceptors (Lipinski definition) is 6. The van der Waals surface area contributed by atoms with E-state index in [0.29, 0.717) is 39.4 Å². The number of hydrogen-bond donors (Lipinski definition) is 1. The minimum atomic E-state index is -0.556. The molecular formula is C21H23ClN2O6. The van der Waals surface area contributed by atoms with Crippen LogP contribution < -0.4 is 29.2 Å². The Kier molecular flexibility index (Phi) is 6.56. The number of carbonyl (C=O) groups excluding carboxylic acids is 2. The molecule has 0 unspecified atom stereocenters. The van der Waals surface area contributed by atoms with Crippen molar-refractivity contribution < 1.29 is 28.5 Å². The van der Waals surface area contributed by atoms with Gasteiger partial charge in [-0.2, -0.15) is 0 Å². The number of carbonyl (C=O) groups is 2. The predicted molar refractivity (Wildman–Crippen MR) is 113 cm³/mol. The fourth-order valence-corrected chi connectivity index (χ4v) is 3.55. The minimum Gasteiger partial charge on any atom is -0.497 e. The third-order valence-electron chi connectivity index (χ3n) is 4.90. The topological polar surface area (TPSA) is 86.3 Å². The van der Waals surface area contributed by atoms with Crippen molar-refractivity contribution in [1.82, 2.24) is 0 Å². The van der Waals surface area contributed by atoms with Crippen LogP contribution in [0.25, 0.3) is 0 Å². The van der Waals surface area contributed by atoms with E-state index in [9.17, 15) is 9.59 Å². The second-order valence-electron chi connectivity index (χ2n) is 6.62. The van der Waals surface area contributed by atoms with E-state index < -0.39 is 5.92 Å². The number of rotatable bonds is 7. The first-order chi connectivity index (χ1) is 14.4. The third kappa shape index (κ3) is 4.23. The largest absolute Gasteiger partial charge is 0.497 e. The normalized spacial score (nSPS) is 15.7. The lowest BCUT2D eigenvalue weighted by molar-refractivity contribution is -0.122. The van der Waals surface area contributed by atoms with Crippen LogP contribution in [-0.4, -0.2) is 46.8 Å². The summed E-state index contributed by atoms with van der Waals surface area (Å²) in [6.07, 6.45) is 0.0687. The molecule has 1 saturated heterocycles. The first-order valence-electron chi connectivity index (χ1n) is 9.16. The molecule has 0 bridgehead atoms. The zero-order chi connectivity index (χ0) is 21.8. The maximum Gasteiger partial charge on any atom is 0.229 e. The molecule has 3 rings (SSSR count). The third-order valence-corrected chi connectivity index (χ3v) is 5.20. The molecule has 2 amide bonds. The molecule has 0 saturated carbocycles. The highest BCUT2D eigenvalue weighted by atomic mass is 35.5. The fourth-order valence-electron chi connectivity index (χ4n) is 3.32. The van der Waals surface area contributed by atoms with Gasteiger partial charge >= 0.3 is 0 Å². The van der Waals surface area contributed by atoms with Crippen molar-refractivity contribution in [3.8, 4) is 23.0 Å². The lowest BCUT2D eigenvalue weighted by Gasteiger charge is -2.20. The van der Waals surface area contributed by atoms with Crippen LogP contribution in [0.4, 0.5) is 11.4 Å². The molecule has 2 aromatic rings. The highest BCUT2D eigenvalue weighted by molar-refractivity contribution is 6.32. The number of methoxy groups -OCH3 is 4. The quantitative estimate of drug-likeness (QED) is 0.719. The summed E-state index contributed by atoms with van der Waals surface area (Å²) in [7, 11) is 6.02. The SMILES string of the molecule is COc1ccc(OC)c(N2C[C@@H](C(=O)Nc3cc(OC)c(Cl)cc3OC)CC2=O)c1. The Balaban J connectivity index is 1.81. The number of ether oxygens (including phenoxy) is 4. The average molecular weight is 435 g/mol. The molecule has 1 N–H and O–H groups in total. The van der Waals surface area contributed by atoms with Gasteiger partial charge in [-0.05, 0) is 12.1 Å². The van der Waals surface area contributed by atoms with Crippen molar-refractivity contribution in [1.29, 1.82) is 0 Å². The van der Waals surface area contributed by atoms with Gasteiger partial charge in [-0.1, -0.05) is 11.6 Å². The second kappa shape index (κ2) is 9.13. The first kappa shape index (κ1) is 21.6. The van der Waals surface area contributed by atoms with E-state index in [1.807, 2.05) is 0 Å². The van der Waals surface area contributed by atoms with Crippen LogP contribution >= 0.6 is 11.6 Å². The molecule has 1 fully saturated rings. The summed E-state index contributed by atoms with van der Waals surface area (Å²) < 4.78 is 21.1. The van der Waals surface area contributed by atoms with Crippen LogP contribution in [-0.2, 0) is 9.59 Å². The van der Waals surface area contributed by atoms with Crippen LogP contribution in [0.15, 0.2) is 30.3 Å². The highest BCUT2D eigenvalue weighted by Crippen LogP contribution is 2.38. The number of halogens is 1. The van der Waals surface area contributed by atoms with Gasteiger partial charge in [0, 0.05) is 31.2 Å². The van der Waals surface area contributed by atoms with E-state index in [2.05, 4.69) is 5.32 Å². The molecule has 2 aromatic carbocycles. The number of benzene rings is 2. The highest BCUT2D eigenvalue weighted by Gasteiger charge is 2.37. The first-order valence-corrected chi connectivity index (χ1v) is 9.54. The Labute approximate surface area is 179 Å². The molecule has 9 heteroatoms. The summed E-state index contributed by atoms with van der Waals surface area (Å²) in [6, 6.07) is 8.32. The fraction of sp³-hybridized carbons (Fsp3) is 0.333. The Morgan fingerprint density at radius 2 is 1.70 bits per heavy atom. The Hall–Kier alpha value is -3.13. The van der Waals surface area contributed by atoms with E-state index in [4.69, 9.17) is 30.5 Å². The van der Waals surface area contributed by atoms with Crippen LogP contribution in [0.5, 0.6) is 23.0 Å². The maximum absolute atomic E-state index is 12.9. The van der Waals surface area contributed by atoms with Crippen molar-refractivity contribution in [3.63, 3.8) is 0 Å². The monoisotopic (exact) mass is 434 g/mol. The summed E-state index contributed by atoms with van der Waals surface area (Å²) in [5, 5.41) is 3.17. The van der Waals surface area contributed by atoms with E-state index in [0.717, 1.165) is 0 Å². The van der Waals surface area contributed by atoms with E-state index in [-0.39, 0.29) is 24.8 Å². The van der Waals surface area contributed by atoms with Crippen LogP contribution in [0, 0.1) is 5.92 Å². The minimum absolute atomic E-state index is 0.0687. The van der Waals surface area contributed by atoms with Gasteiger partial charge in [0.25, 0.3) is 0 Å². The van der Waals surface area contributed by atoms with E-state index in [1.54, 1.807) is 37.4 Å². The standard InChI is InChI=1S/C21H23ClN2O6/c1-27-13-5-6-17(28-2)16(8-13)24-11-12(7-20(24)25)21(26)23-15-10-18(29-3)14(22)9-19(15)30-4/h5-6,8-10,12H,7,11H2,1-4H3,(H,23,26)/t12-/m0/s1. The lowest BCUT2D eigenvalue weighted by Crippen LogP contribution is -2.28. The molecule has 0 radical (unpaired) electrons. The lowest BCUT2D eigenvalue weighted by atomic mass is 10.1. The number of anilines is 2. The number of nitrogens with zero attached hydrogens (tertiary/aromatic N) is 1. The van der Waals surface area contributed by atoms with Gasteiger partial charge < -0.3 is 29.2 Å². The Morgan fingerprint density at radius 3 is 2.33 bits per heavy atom. The molecule has 1 aliphatic rings. The molecule has 0 aromatic heterocycles. The molecule has 1 atom stereocenters. The average Bonchev–Trinajstić information content (AvgIpc) is 3.15. The van der Waals surface area contributed by atoms with E-state index in [1.165, 1.54) is 26.2 Å². The molecule has 8 nitrogen and oxygen atoms in total. The summed E-state index contributed by atoms with van der Waals surface area (Å²) >= 11 is 6.11. The molecule has 1 heterocycles. The Bertz CT molecular complexity index is 965. The van der Waals surface area contributed by atoms with Crippen molar-refractivity contribution in [3.05, 3.63) is 35.4 Å². The second-order valence-corrected chi connectivity index (χ2v) is 7.03. The van der Waals surface area contributed by atoms with Crippen molar-refractivity contribution in [2.75, 3.05) is 45.2 Å². The number of nitrogens with one attached hydrogen (secondary N) is 1. The van der Waals surface area contributed by atoms with Crippen LogP contribution in [0.2, 0.25) is 5.02 Å². The van der Waals surface area contributed by atoms with E-state index >= 15 is 0 Å². The van der Waals surface area contributed by atoms with Crippen molar-refractivity contribution >= 4 is 34.8 Å². The molecular weight excluding hydrogens is 412 g/mol. The predicted octanol–water partition coefficient (Wildman–Crippen LogP) is 3.37. The Morgan fingerprint density at radius 1 is 1.00 bits per heavy atom. The summed E-state index contributed by atoms with van der Waals surface area (Å²) in [4.78, 5) is 27.1. The van der Waals surface area contributed by atoms with Gasteiger partial charge in [0.15, 0.2) is 0 Å². The molecule has 30 heavy (non-hydrogen) atoms. The van der Waals surface area contributed by atoms with Crippen LogP contribution in [0.3, 0.4) is 0 Å². The van der Waals surface area contributed by atoms with Gasteiger partial charge in [-0.15, -0.1) is 0 Å². The zero-order valence-corrected chi connectivity index (χ0v) is 17.9. The van der Waals surface area contributed by atoms with Gasteiger partial charge in [-0.3, -0.25) is 9.59 Å². The molecule has 1 aliphatic heterocycles. The van der Waals surface area contributed by atoms with Gasteiger partial charge in [0.2, 0.25) is 11.8 Å². The van der Waals surface area contributed by atoms with Crippen molar-refractivity contribution in [2.45, 2.75) is 6.42 Å². The molecule has 0 spiro atoms. The van der Waals surface area contributed by atoms with Crippen molar-refractivity contribution in [2.24, 2.45) is 5.92 Å². The number of amides is 2. The summed E-state index contributed by atoms with van der Waals surface area (Å²) in [5.41, 5.74) is 0.969.